The van der Waals surface area contributed by atoms with Crippen molar-refractivity contribution < 1.29 is 38.1 Å². The lowest BCUT2D eigenvalue weighted by Gasteiger charge is -2.32. The molecule has 0 aromatic heterocycles. The second-order valence-corrected chi connectivity index (χ2v) is 8.30. The predicted molar refractivity (Wildman–Crippen MR) is 128 cm³/mol. The van der Waals surface area contributed by atoms with Crippen LogP contribution in [0, 0.1) is 0 Å². The molecule has 8 nitrogen and oxygen atoms in total. The fourth-order valence-electron chi connectivity index (χ4n) is 3.95. The number of carbonyl (C=O) groups excluding carboxylic acids is 4. The largest absolute Gasteiger partial charge is 0.454 e. The van der Waals surface area contributed by atoms with Crippen molar-refractivity contribution in [2.45, 2.75) is 38.9 Å². The minimum absolute atomic E-state index is 0.274. The first kappa shape index (κ1) is 24.7. The van der Waals surface area contributed by atoms with Crippen LogP contribution in [0.4, 0.5) is 0 Å². The van der Waals surface area contributed by atoms with E-state index in [0.29, 0.717) is 24.3 Å². The Morgan fingerprint density at radius 3 is 1.28 bits per heavy atom. The summed E-state index contributed by atoms with van der Waals surface area (Å²) >= 11 is 0. The average molecular weight is 488 g/mol. The van der Waals surface area contributed by atoms with E-state index in [1.807, 2.05) is 24.3 Å². The van der Waals surface area contributed by atoms with E-state index in [2.05, 4.69) is 0 Å². The number of fused-ring (bicyclic) bond motifs is 1. The maximum atomic E-state index is 12.9. The molecule has 0 bridgehead atoms. The first-order chi connectivity index (χ1) is 17.3. The Balaban J connectivity index is 1.49. The van der Waals surface area contributed by atoms with Crippen molar-refractivity contribution in [3.05, 3.63) is 95.1 Å². The highest BCUT2D eigenvalue weighted by Gasteiger charge is 2.34. The number of benzene rings is 3. The first-order valence-electron chi connectivity index (χ1n) is 11.3. The van der Waals surface area contributed by atoms with Gasteiger partial charge in [0.25, 0.3) is 0 Å². The van der Waals surface area contributed by atoms with E-state index >= 15 is 0 Å². The second kappa shape index (κ2) is 10.9. The summed E-state index contributed by atoms with van der Waals surface area (Å²) in [6, 6.07) is 19.8. The number of hydrogen-bond acceptors (Lipinski definition) is 8. The Labute approximate surface area is 207 Å². The van der Waals surface area contributed by atoms with Gasteiger partial charge in [-0.15, -0.1) is 0 Å². The van der Waals surface area contributed by atoms with Gasteiger partial charge in [0.1, 0.15) is 23.7 Å². The van der Waals surface area contributed by atoms with Crippen LogP contribution >= 0.6 is 0 Å². The van der Waals surface area contributed by atoms with Gasteiger partial charge in [-0.25, -0.2) is 9.59 Å². The molecule has 3 aromatic rings. The van der Waals surface area contributed by atoms with Gasteiger partial charge in [0, 0.05) is 26.7 Å². The van der Waals surface area contributed by atoms with Gasteiger partial charge in [-0.3, -0.25) is 9.59 Å². The lowest BCUT2D eigenvalue weighted by atomic mass is 9.87. The fourth-order valence-corrected chi connectivity index (χ4v) is 3.95. The first-order valence-corrected chi connectivity index (χ1v) is 11.3. The highest BCUT2D eigenvalue weighted by Crippen LogP contribution is 2.27. The van der Waals surface area contributed by atoms with E-state index in [0.717, 1.165) is 11.1 Å². The lowest BCUT2D eigenvalue weighted by Crippen LogP contribution is -2.41. The molecule has 0 spiro atoms. The van der Waals surface area contributed by atoms with Gasteiger partial charge >= 0.3 is 23.9 Å². The van der Waals surface area contributed by atoms with Crippen LogP contribution in [0.1, 0.15) is 45.7 Å². The molecule has 4 rings (SSSR count). The van der Waals surface area contributed by atoms with Gasteiger partial charge in [-0.1, -0.05) is 24.3 Å². The molecule has 0 heterocycles. The Morgan fingerprint density at radius 1 is 0.583 bits per heavy atom. The van der Waals surface area contributed by atoms with Gasteiger partial charge in [-0.2, -0.15) is 0 Å². The quantitative estimate of drug-likeness (QED) is 0.377. The van der Waals surface area contributed by atoms with Gasteiger partial charge in [0.2, 0.25) is 0 Å². The smallest absolute Gasteiger partial charge is 0.338 e. The minimum atomic E-state index is -0.704. The molecule has 0 aliphatic heterocycles. The van der Waals surface area contributed by atoms with E-state index in [-0.39, 0.29) is 11.1 Å². The van der Waals surface area contributed by atoms with Crippen LogP contribution in [0.3, 0.4) is 0 Å². The Morgan fingerprint density at radius 2 is 0.944 bits per heavy atom. The van der Waals surface area contributed by atoms with Crippen molar-refractivity contribution in [2.24, 2.45) is 0 Å². The highest BCUT2D eigenvalue weighted by atomic mass is 16.6. The summed E-state index contributed by atoms with van der Waals surface area (Å²) in [5.41, 5.74) is 2.57. The zero-order valence-electron chi connectivity index (χ0n) is 19.8. The zero-order chi connectivity index (χ0) is 25.7. The molecule has 184 valence electrons. The van der Waals surface area contributed by atoms with Crippen LogP contribution in [-0.4, -0.2) is 36.1 Å². The van der Waals surface area contributed by atoms with Gasteiger partial charge in [0.05, 0.1) is 11.1 Å². The third kappa shape index (κ3) is 6.15. The predicted octanol–water partition coefficient (Wildman–Crippen LogP) is 4.09. The van der Waals surface area contributed by atoms with Crippen molar-refractivity contribution in [2.75, 3.05) is 0 Å². The summed E-state index contributed by atoms with van der Waals surface area (Å²) in [5.74, 6) is -1.45. The molecule has 1 aliphatic carbocycles. The number of ether oxygens (including phenoxy) is 4. The standard InChI is InChI=1S/C28H24O8/c1-17(29)33-23-11-7-19(8-12-23)27(31)35-25-15-21-5-3-4-6-22(21)16-26(25)36-28(32)20-9-13-24(14-10-20)34-18(2)30/h3-14,25-26H,15-16H2,1-2H3/t25-,26+. The summed E-state index contributed by atoms with van der Waals surface area (Å²) in [4.78, 5) is 48.0. The summed E-state index contributed by atoms with van der Waals surface area (Å²) in [6.07, 6.45) is -0.636. The SMILES string of the molecule is CC(=O)Oc1ccc(C(=O)O[C@H]2Cc3ccccc3C[C@H]2OC(=O)c2ccc(OC(C)=O)cc2)cc1. The summed E-state index contributed by atoms with van der Waals surface area (Å²) in [7, 11) is 0. The van der Waals surface area contributed by atoms with E-state index in [9.17, 15) is 19.2 Å². The van der Waals surface area contributed by atoms with Crippen LogP contribution in [0.25, 0.3) is 0 Å². The maximum Gasteiger partial charge on any atom is 0.338 e. The molecule has 0 radical (unpaired) electrons. The van der Waals surface area contributed by atoms with Crippen LogP contribution in [0.2, 0.25) is 0 Å². The molecule has 0 saturated carbocycles. The van der Waals surface area contributed by atoms with Crippen LogP contribution in [-0.2, 0) is 31.9 Å². The molecule has 36 heavy (non-hydrogen) atoms. The fraction of sp³-hybridized carbons (Fsp3) is 0.214. The highest BCUT2D eigenvalue weighted by molar-refractivity contribution is 5.91. The average Bonchev–Trinajstić information content (AvgIpc) is 2.84. The molecule has 0 unspecified atom stereocenters. The monoisotopic (exact) mass is 488 g/mol. The van der Waals surface area contributed by atoms with Crippen molar-refractivity contribution in [3.8, 4) is 11.5 Å². The topological polar surface area (TPSA) is 105 Å². The number of rotatable bonds is 6. The van der Waals surface area contributed by atoms with Gasteiger partial charge in [0.15, 0.2) is 0 Å². The van der Waals surface area contributed by atoms with Crippen molar-refractivity contribution >= 4 is 23.9 Å². The maximum absolute atomic E-state index is 12.9. The Bertz CT molecular complexity index is 1180. The van der Waals surface area contributed by atoms with Crippen LogP contribution < -0.4 is 9.47 Å². The molecule has 0 fully saturated rings. The normalized spacial score (nSPS) is 16.3. The van der Waals surface area contributed by atoms with E-state index in [4.69, 9.17) is 18.9 Å². The molecule has 3 aromatic carbocycles. The molecule has 8 heteroatoms. The van der Waals surface area contributed by atoms with E-state index < -0.39 is 36.1 Å². The Kier molecular flexibility index (Phi) is 7.44. The molecular weight excluding hydrogens is 464 g/mol. The second-order valence-electron chi connectivity index (χ2n) is 8.30. The number of hydrogen-bond donors (Lipinski definition) is 0. The Hall–Kier alpha value is -4.46. The van der Waals surface area contributed by atoms with E-state index in [1.165, 1.54) is 62.4 Å². The minimum Gasteiger partial charge on any atom is -0.454 e. The van der Waals surface area contributed by atoms with Gasteiger partial charge in [-0.05, 0) is 59.7 Å². The molecule has 1 aliphatic rings. The number of carbonyl (C=O) groups is 4. The summed E-state index contributed by atoms with van der Waals surface area (Å²) < 4.78 is 21.6. The molecule has 0 amide bonds. The molecule has 0 N–H and O–H groups in total. The number of esters is 4. The zero-order valence-corrected chi connectivity index (χ0v) is 19.8. The summed E-state index contributed by atoms with van der Waals surface area (Å²) in [5, 5.41) is 0. The summed E-state index contributed by atoms with van der Waals surface area (Å²) in [6.45, 7) is 2.58. The van der Waals surface area contributed by atoms with Crippen LogP contribution in [0.5, 0.6) is 11.5 Å². The van der Waals surface area contributed by atoms with Crippen molar-refractivity contribution in [1.82, 2.24) is 0 Å². The lowest BCUT2D eigenvalue weighted by molar-refractivity contribution is -0.132. The third-order valence-electron chi connectivity index (χ3n) is 5.60. The van der Waals surface area contributed by atoms with Crippen LogP contribution in [0.15, 0.2) is 72.8 Å². The van der Waals surface area contributed by atoms with E-state index in [1.54, 1.807) is 0 Å². The van der Waals surface area contributed by atoms with Crippen molar-refractivity contribution in [3.63, 3.8) is 0 Å². The third-order valence-corrected chi connectivity index (χ3v) is 5.60. The van der Waals surface area contributed by atoms with Crippen molar-refractivity contribution in [1.29, 1.82) is 0 Å². The molecule has 0 saturated heterocycles. The van der Waals surface area contributed by atoms with Gasteiger partial charge < -0.3 is 18.9 Å². The molecule has 2 atom stereocenters. The molecular formula is C28H24O8.